The third-order valence-corrected chi connectivity index (χ3v) is 4.47. The Bertz CT molecular complexity index is 402. The number of hydrogen-bond acceptors (Lipinski definition) is 5. The van der Waals surface area contributed by atoms with Gasteiger partial charge in [-0.3, -0.25) is 4.90 Å². The largest absolute Gasteiger partial charge is 0.346 e. The minimum Gasteiger partial charge on any atom is -0.346 e. The SMILES string of the molecule is CCCN1CCN(c2nc(CNC(C)(C)C)cs2)CC1. The lowest BCUT2D eigenvalue weighted by atomic mass is 10.1. The average molecular weight is 296 g/mol. The molecule has 0 spiro atoms. The van der Waals surface area contributed by atoms with E-state index in [2.05, 4.69) is 48.2 Å². The van der Waals surface area contributed by atoms with E-state index in [0.717, 1.165) is 25.3 Å². The van der Waals surface area contributed by atoms with Gasteiger partial charge in [0.1, 0.15) is 0 Å². The average Bonchev–Trinajstić information content (AvgIpc) is 2.86. The Morgan fingerprint density at radius 2 is 1.95 bits per heavy atom. The summed E-state index contributed by atoms with van der Waals surface area (Å²) in [5.41, 5.74) is 1.31. The molecule has 0 unspecified atom stereocenters. The molecular weight excluding hydrogens is 268 g/mol. The summed E-state index contributed by atoms with van der Waals surface area (Å²) in [5, 5.41) is 6.87. The van der Waals surface area contributed by atoms with Crippen molar-refractivity contribution < 1.29 is 0 Å². The first kappa shape index (κ1) is 15.7. The fraction of sp³-hybridized carbons (Fsp3) is 0.800. The standard InChI is InChI=1S/C15H28N4S/c1-5-6-18-7-9-19(10-8-18)14-17-13(12-20-14)11-16-15(2,3)4/h12,16H,5-11H2,1-4H3. The van der Waals surface area contributed by atoms with Crippen molar-refractivity contribution in [2.45, 2.75) is 46.2 Å². The van der Waals surface area contributed by atoms with Gasteiger partial charge >= 0.3 is 0 Å². The quantitative estimate of drug-likeness (QED) is 0.905. The zero-order valence-corrected chi connectivity index (χ0v) is 14.1. The van der Waals surface area contributed by atoms with Crippen LogP contribution in [0.3, 0.4) is 0 Å². The van der Waals surface area contributed by atoms with Crippen LogP contribution in [0.2, 0.25) is 0 Å². The van der Waals surface area contributed by atoms with Gasteiger partial charge < -0.3 is 10.2 Å². The molecule has 4 nitrogen and oxygen atoms in total. The van der Waals surface area contributed by atoms with E-state index in [0.29, 0.717) is 0 Å². The van der Waals surface area contributed by atoms with Crippen LogP contribution in [0.5, 0.6) is 0 Å². The van der Waals surface area contributed by atoms with E-state index in [-0.39, 0.29) is 5.54 Å². The summed E-state index contributed by atoms with van der Waals surface area (Å²) < 4.78 is 0. The Kier molecular flexibility index (Phi) is 5.41. The predicted octanol–water partition coefficient (Wildman–Crippen LogP) is 2.56. The van der Waals surface area contributed by atoms with E-state index < -0.39 is 0 Å². The van der Waals surface area contributed by atoms with Crippen LogP contribution in [0, 0.1) is 0 Å². The summed E-state index contributed by atoms with van der Waals surface area (Å²) in [4.78, 5) is 9.75. The second-order valence-corrected chi connectivity index (χ2v) is 7.39. The molecule has 0 aliphatic carbocycles. The third kappa shape index (κ3) is 4.72. The normalized spacial score (nSPS) is 17.7. The molecule has 20 heavy (non-hydrogen) atoms. The summed E-state index contributed by atoms with van der Waals surface area (Å²) in [6, 6.07) is 0. The van der Waals surface area contributed by atoms with Crippen molar-refractivity contribution in [3.05, 3.63) is 11.1 Å². The maximum absolute atomic E-state index is 4.77. The van der Waals surface area contributed by atoms with E-state index in [1.54, 1.807) is 11.3 Å². The van der Waals surface area contributed by atoms with Crippen molar-refractivity contribution >= 4 is 16.5 Å². The van der Waals surface area contributed by atoms with Gasteiger partial charge in [-0.1, -0.05) is 6.92 Å². The fourth-order valence-corrected chi connectivity index (χ4v) is 3.24. The van der Waals surface area contributed by atoms with Crippen LogP contribution in [0.1, 0.15) is 39.8 Å². The summed E-state index contributed by atoms with van der Waals surface area (Å²) >= 11 is 1.78. The van der Waals surface area contributed by atoms with Crippen molar-refractivity contribution in [3.63, 3.8) is 0 Å². The summed E-state index contributed by atoms with van der Waals surface area (Å²) in [5.74, 6) is 0. The van der Waals surface area contributed by atoms with Crippen LogP contribution in [-0.2, 0) is 6.54 Å². The highest BCUT2D eigenvalue weighted by atomic mass is 32.1. The molecule has 0 radical (unpaired) electrons. The minimum absolute atomic E-state index is 0.148. The first-order valence-corrected chi connectivity index (χ1v) is 8.52. The molecule has 0 bridgehead atoms. The zero-order valence-electron chi connectivity index (χ0n) is 13.3. The molecule has 114 valence electrons. The fourth-order valence-electron chi connectivity index (χ4n) is 2.36. The van der Waals surface area contributed by atoms with Crippen LogP contribution >= 0.6 is 11.3 Å². The molecule has 1 aromatic rings. The topological polar surface area (TPSA) is 31.4 Å². The number of aromatic nitrogens is 1. The van der Waals surface area contributed by atoms with Gasteiger partial charge in [0, 0.05) is 43.6 Å². The molecule has 2 heterocycles. The number of anilines is 1. The van der Waals surface area contributed by atoms with Crippen LogP contribution in [-0.4, -0.2) is 48.1 Å². The third-order valence-electron chi connectivity index (χ3n) is 3.52. The van der Waals surface area contributed by atoms with Gasteiger partial charge in [-0.05, 0) is 33.7 Å². The predicted molar refractivity (Wildman–Crippen MR) is 87.7 cm³/mol. The van der Waals surface area contributed by atoms with Crippen LogP contribution < -0.4 is 10.2 Å². The molecule has 0 atom stereocenters. The molecule has 1 fully saturated rings. The van der Waals surface area contributed by atoms with E-state index in [1.807, 2.05) is 0 Å². The molecule has 1 saturated heterocycles. The van der Waals surface area contributed by atoms with Gasteiger partial charge in [0.15, 0.2) is 5.13 Å². The van der Waals surface area contributed by atoms with Crippen molar-refractivity contribution in [2.24, 2.45) is 0 Å². The number of nitrogens with zero attached hydrogens (tertiary/aromatic N) is 3. The van der Waals surface area contributed by atoms with Crippen molar-refractivity contribution in [3.8, 4) is 0 Å². The maximum atomic E-state index is 4.77. The lowest BCUT2D eigenvalue weighted by Crippen LogP contribution is -2.46. The first-order chi connectivity index (χ1) is 9.48. The Morgan fingerprint density at radius 3 is 2.55 bits per heavy atom. The smallest absolute Gasteiger partial charge is 0.185 e. The second-order valence-electron chi connectivity index (χ2n) is 6.55. The number of thiazole rings is 1. The molecule has 2 rings (SSSR count). The lowest BCUT2D eigenvalue weighted by Gasteiger charge is -2.34. The molecule has 1 N–H and O–H groups in total. The maximum Gasteiger partial charge on any atom is 0.185 e. The highest BCUT2D eigenvalue weighted by Crippen LogP contribution is 2.22. The first-order valence-electron chi connectivity index (χ1n) is 7.64. The molecule has 0 saturated carbocycles. The number of hydrogen-bond donors (Lipinski definition) is 1. The van der Waals surface area contributed by atoms with E-state index in [4.69, 9.17) is 4.98 Å². The van der Waals surface area contributed by atoms with Crippen LogP contribution in [0.4, 0.5) is 5.13 Å². The monoisotopic (exact) mass is 296 g/mol. The van der Waals surface area contributed by atoms with Crippen molar-refractivity contribution in [2.75, 3.05) is 37.6 Å². The lowest BCUT2D eigenvalue weighted by molar-refractivity contribution is 0.258. The van der Waals surface area contributed by atoms with Gasteiger partial charge in [0.25, 0.3) is 0 Å². The highest BCUT2D eigenvalue weighted by molar-refractivity contribution is 7.13. The molecule has 0 aromatic carbocycles. The van der Waals surface area contributed by atoms with Gasteiger partial charge in [-0.15, -0.1) is 11.3 Å². The van der Waals surface area contributed by atoms with Gasteiger partial charge in [0.2, 0.25) is 0 Å². The van der Waals surface area contributed by atoms with E-state index in [9.17, 15) is 0 Å². The van der Waals surface area contributed by atoms with E-state index in [1.165, 1.54) is 31.2 Å². The highest BCUT2D eigenvalue weighted by Gasteiger charge is 2.19. The second kappa shape index (κ2) is 6.87. The van der Waals surface area contributed by atoms with Crippen LogP contribution in [0.15, 0.2) is 5.38 Å². The Balaban J connectivity index is 1.84. The van der Waals surface area contributed by atoms with Gasteiger partial charge in [-0.2, -0.15) is 0 Å². The van der Waals surface area contributed by atoms with E-state index >= 15 is 0 Å². The molecule has 1 aliphatic rings. The number of rotatable bonds is 5. The molecule has 1 aromatic heterocycles. The van der Waals surface area contributed by atoms with Crippen molar-refractivity contribution in [1.82, 2.24) is 15.2 Å². The molecule has 1 aliphatic heterocycles. The molecule has 0 amide bonds. The Morgan fingerprint density at radius 1 is 1.25 bits per heavy atom. The summed E-state index contributed by atoms with van der Waals surface area (Å²) in [6.45, 7) is 15.5. The number of nitrogens with one attached hydrogen (secondary N) is 1. The zero-order chi connectivity index (χ0) is 14.6. The van der Waals surface area contributed by atoms with Gasteiger partial charge in [-0.25, -0.2) is 4.98 Å². The minimum atomic E-state index is 0.148. The molecule has 5 heteroatoms. The summed E-state index contributed by atoms with van der Waals surface area (Å²) in [7, 11) is 0. The summed E-state index contributed by atoms with van der Waals surface area (Å²) in [6.07, 6.45) is 1.25. The van der Waals surface area contributed by atoms with Gasteiger partial charge in [0.05, 0.1) is 5.69 Å². The molecular formula is C15H28N4S. The number of piperazine rings is 1. The van der Waals surface area contributed by atoms with Crippen LogP contribution in [0.25, 0.3) is 0 Å². The Labute approximate surface area is 127 Å². The Hall–Kier alpha value is -0.650. The van der Waals surface area contributed by atoms with Crippen molar-refractivity contribution in [1.29, 1.82) is 0 Å².